The molecule has 3 rings (SSSR count). The van der Waals surface area contributed by atoms with E-state index in [1.807, 2.05) is 42.8 Å². The Morgan fingerprint density at radius 1 is 1.22 bits per heavy atom. The fraction of sp³-hybridized carbons (Fsp3) is 0.158. The van der Waals surface area contributed by atoms with Crippen LogP contribution in [0.3, 0.4) is 0 Å². The largest absolute Gasteiger partial charge is 0.294 e. The summed E-state index contributed by atoms with van der Waals surface area (Å²) >= 11 is 6.23. The van der Waals surface area contributed by atoms with Crippen molar-refractivity contribution in [2.45, 2.75) is 20.4 Å². The Morgan fingerprint density at radius 3 is 2.67 bits per heavy atom. The molecule has 0 spiro atoms. The van der Waals surface area contributed by atoms with E-state index in [2.05, 4.69) is 15.6 Å². The number of nitrogens with one attached hydrogen (secondary N) is 1. The van der Waals surface area contributed by atoms with E-state index in [1.54, 1.807) is 24.4 Å². The van der Waals surface area contributed by atoms with Crippen molar-refractivity contribution in [2.24, 2.45) is 5.10 Å². The lowest BCUT2D eigenvalue weighted by molar-refractivity contribution is -0.384. The minimum atomic E-state index is -0.448. The Labute approximate surface area is 161 Å². The Hall–Kier alpha value is -3.19. The number of hydrogen-bond acceptors (Lipinski definition) is 5. The monoisotopic (exact) mass is 383 g/mol. The van der Waals surface area contributed by atoms with Crippen molar-refractivity contribution >= 4 is 29.2 Å². The van der Waals surface area contributed by atoms with Gasteiger partial charge in [-0.3, -0.25) is 20.2 Å². The summed E-state index contributed by atoms with van der Waals surface area (Å²) in [5.41, 5.74) is 6.61. The molecule has 2 aromatic carbocycles. The number of rotatable bonds is 6. The van der Waals surface area contributed by atoms with Crippen LogP contribution in [0.15, 0.2) is 53.6 Å². The molecule has 0 aliphatic heterocycles. The van der Waals surface area contributed by atoms with Crippen LogP contribution in [0.4, 0.5) is 11.4 Å². The Kier molecular flexibility index (Phi) is 5.52. The molecule has 8 heteroatoms. The average molecular weight is 384 g/mol. The van der Waals surface area contributed by atoms with E-state index in [-0.39, 0.29) is 5.69 Å². The number of aryl methyl sites for hydroxylation is 1. The zero-order valence-corrected chi connectivity index (χ0v) is 15.6. The molecule has 1 aromatic heterocycles. The number of nitro groups is 1. The van der Waals surface area contributed by atoms with Gasteiger partial charge >= 0.3 is 0 Å². The minimum Gasteiger partial charge on any atom is -0.272 e. The normalized spacial score (nSPS) is 11.1. The van der Waals surface area contributed by atoms with Crippen LogP contribution >= 0.6 is 11.6 Å². The minimum absolute atomic E-state index is 0.0301. The van der Waals surface area contributed by atoms with Crippen molar-refractivity contribution in [3.05, 3.63) is 86.2 Å². The summed E-state index contributed by atoms with van der Waals surface area (Å²) in [4.78, 5) is 10.6. The van der Waals surface area contributed by atoms with Gasteiger partial charge in [0.25, 0.3) is 5.69 Å². The molecule has 0 aliphatic carbocycles. The van der Waals surface area contributed by atoms with Gasteiger partial charge in [-0.1, -0.05) is 41.9 Å². The number of anilines is 1. The lowest BCUT2D eigenvalue weighted by atomic mass is 10.2. The molecule has 7 nitrogen and oxygen atoms in total. The molecule has 0 aliphatic rings. The number of nitrogens with zero attached hydrogens (tertiary/aromatic N) is 4. The van der Waals surface area contributed by atoms with Gasteiger partial charge in [0.2, 0.25) is 0 Å². The summed E-state index contributed by atoms with van der Waals surface area (Å²) < 4.78 is 1.86. The second-order valence-electron chi connectivity index (χ2n) is 5.98. The number of hydrogen-bond donors (Lipinski definition) is 1. The number of para-hydroxylation sites is 2. The fourth-order valence-corrected chi connectivity index (χ4v) is 2.93. The topological polar surface area (TPSA) is 85.3 Å². The van der Waals surface area contributed by atoms with E-state index in [4.69, 9.17) is 11.6 Å². The first-order valence-corrected chi connectivity index (χ1v) is 8.65. The predicted molar refractivity (Wildman–Crippen MR) is 107 cm³/mol. The summed E-state index contributed by atoms with van der Waals surface area (Å²) in [7, 11) is 0. The zero-order valence-electron chi connectivity index (χ0n) is 14.9. The molecule has 0 bridgehead atoms. The standard InChI is InChI=1S/C19H18ClN5O2/c1-13-16(11-21-22-18-9-5-6-10-19(18)25(26)27)14(2)24(23-13)12-15-7-3-4-8-17(15)20/h3-11,22H,12H2,1-2H3/b21-11-. The lowest BCUT2D eigenvalue weighted by Crippen LogP contribution is -2.05. The van der Waals surface area contributed by atoms with Crippen molar-refractivity contribution in [1.82, 2.24) is 9.78 Å². The summed E-state index contributed by atoms with van der Waals surface area (Å²) in [6.45, 7) is 4.39. The molecule has 0 atom stereocenters. The molecule has 1 heterocycles. The number of benzene rings is 2. The van der Waals surface area contributed by atoms with Gasteiger partial charge in [-0.05, 0) is 31.5 Å². The van der Waals surface area contributed by atoms with Crippen LogP contribution in [0.25, 0.3) is 0 Å². The number of hydrazone groups is 1. The molecule has 0 unspecified atom stereocenters. The Bertz CT molecular complexity index is 1010. The van der Waals surface area contributed by atoms with Crippen LogP contribution in [0.5, 0.6) is 0 Å². The quantitative estimate of drug-likeness (QED) is 0.384. The summed E-state index contributed by atoms with van der Waals surface area (Å²) in [5.74, 6) is 0. The van der Waals surface area contributed by atoms with E-state index < -0.39 is 4.92 Å². The highest BCUT2D eigenvalue weighted by atomic mass is 35.5. The maximum Gasteiger partial charge on any atom is 0.294 e. The van der Waals surface area contributed by atoms with Crippen molar-refractivity contribution < 1.29 is 4.92 Å². The van der Waals surface area contributed by atoms with Gasteiger partial charge < -0.3 is 0 Å². The summed E-state index contributed by atoms with van der Waals surface area (Å²) in [6.07, 6.45) is 1.62. The summed E-state index contributed by atoms with van der Waals surface area (Å²) in [6, 6.07) is 14.0. The van der Waals surface area contributed by atoms with Gasteiger partial charge in [0.05, 0.1) is 23.4 Å². The van der Waals surface area contributed by atoms with Gasteiger partial charge in [0, 0.05) is 22.3 Å². The van der Waals surface area contributed by atoms with Crippen LogP contribution in [0, 0.1) is 24.0 Å². The molecule has 0 saturated heterocycles. The highest BCUT2D eigenvalue weighted by Crippen LogP contribution is 2.23. The van der Waals surface area contributed by atoms with E-state index in [0.29, 0.717) is 17.3 Å². The number of halogens is 1. The first-order valence-electron chi connectivity index (χ1n) is 8.27. The van der Waals surface area contributed by atoms with Crippen molar-refractivity contribution in [3.8, 4) is 0 Å². The Morgan fingerprint density at radius 2 is 1.93 bits per heavy atom. The van der Waals surface area contributed by atoms with Crippen molar-refractivity contribution in [3.63, 3.8) is 0 Å². The molecule has 1 N–H and O–H groups in total. The molecule has 3 aromatic rings. The first kappa shape index (κ1) is 18.6. The highest BCUT2D eigenvalue weighted by molar-refractivity contribution is 6.31. The maximum absolute atomic E-state index is 11.1. The van der Waals surface area contributed by atoms with E-state index in [0.717, 1.165) is 22.5 Å². The second-order valence-corrected chi connectivity index (χ2v) is 6.39. The molecule has 0 fully saturated rings. The van der Waals surface area contributed by atoms with Gasteiger partial charge in [0.15, 0.2) is 0 Å². The third kappa shape index (κ3) is 4.15. The fourth-order valence-electron chi connectivity index (χ4n) is 2.73. The van der Waals surface area contributed by atoms with Gasteiger partial charge in [-0.15, -0.1) is 0 Å². The molecular weight excluding hydrogens is 366 g/mol. The highest BCUT2D eigenvalue weighted by Gasteiger charge is 2.13. The van der Waals surface area contributed by atoms with Gasteiger partial charge in [0.1, 0.15) is 5.69 Å². The van der Waals surface area contributed by atoms with E-state index >= 15 is 0 Å². The number of nitro benzene ring substituents is 1. The van der Waals surface area contributed by atoms with Gasteiger partial charge in [-0.25, -0.2) is 0 Å². The third-order valence-corrected chi connectivity index (χ3v) is 4.56. The smallest absolute Gasteiger partial charge is 0.272 e. The first-order chi connectivity index (χ1) is 13.0. The maximum atomic E-state index is 11.1. The lowest BCUT2D eigenvalue weighted by Gasteiger charge is -2.06. The molecule has 138 valence electrons. The van der Waals surface area contributed by atoms with Crippen molar-refractivity contribution in [1.29, 1.82) is 0 Å². The van der Waals surface area contributed by atoms with Gasteiger partial charge in [-0.2, -0.15) is 10.2 Å². The third-order valence-electron chi connectivity index (χ3n) is 4.19. The van der Waals surface area contributed by atoms with Crippen LogP contribution in [0.1, 0.15) is 22.5 Å². The number of aromatic nitrogens is 2. The van der Waals surface area contributed by atoms with E-state index in [9.17, 15) is 10.1 Å². The zero-order chi connectivity index (χ0) is 19.4. The van der Waals surface area contributed by atoms with Crippen LogP contribution in [0.2, 0.25) is 5.02 Å². The molecular formula is C19H18ClN5O2. The van der Waals surface area contributed by atoms with Crippen molar-refractivity contribution in [2.75, 3.05) is 5.43 Å². The van der Waals surface area contributed by atoms with Crippen LogP contribution in [-0.2, 0) is 6.54 Å². The SMILES string of the molecule is Cc1nn(Cc2ccccc2Cl)c(C)c1/C=N\Nc1ccccc1[N+](=O)[O-]. The average Bonchev–Trinajstić information content (AvgIpc) is 2.91. The predicted octanol–water partition coefficient (Wildman–Crippen LogP) is 4.56. The molecule has 0 radical (unpaired) electrons. The van der Waals surface area contributed by atoms with Crippen LogP contribution in [-0.4, -0.2) is 20.9 Å². The van der Waals surface area contributed by atoms with Crippen LogP contribution < -0.4 is 5.43 Å². The second kappa shape index (κ2) is 8.01. The molecule has 0 saturated carbocycles. The molecule has 0 amide bonds. The molecule has 27 heavy (non-hydrogen) atoms. The summed E-state index contributed by atoms with van der Waals surface area (Å²) in [5, 5.41) is 20.5. The Balaban J connectivity index is 1.80. The van der Waals surface area contributed by atoms with E-state index in [1.165, 1.54) is 6.07 Å².